The highest BCUT2D eigenvalue weighted by Crippen LogP contribution is 2.17. The first-order valence-electron chi connectivity index (χ1n) is 7.22. The van der Waals surface area contributed by atoms with Gasteiger partial charge >= 0.3 is 0 Å². The molecule has 0 fully saturated rings. The minimum Gasteiger partial charge on any atom is -0.382 e. The highest BCUT2D eigenvalue weighted by atomic mass is 32.2. The lowest BCUT2D eigenvalue weighted by atomic mass is 10.2. The fraction of sp³-hybridized carbons (Fsp3) is 0.786. The van der Waals surface area contributed by atoms with E-state index in [0.29, 0.717) is 19.1 Å². The van der Waals surface area contributed by atoms with E-state index < -0.39 is 14.6 Å². The van der Waals surface area contributed by atoms with Crippen LogP contribution in [0.15, 0.2) is 6.20 Å². The smallest absolute Gasteiger partial charge is 0.203 e. The van der Waals surface area contributed by atoms with Gasteiger partial charge < -0.3 is 14.6 Å². The lowest BCUT2D eigenvalue weighted by Gasteiger charge is -2.23. The molecule has 0 aliphatic carbocycles. The highest BCUT2D eigenvalue weighted by molar-refractivity contribution is 7.92. The fourth-order valence-electron chi connectivity index (χ4n) is 1.76. The van der Waals surface area contributed by atoms with E-state index in [1.54, 1.807) is 13.8 Å². The molecule has 1 aromatic rings. The molecule has 21 heavy (non-hydrogen) atoms. The summed E-state index contributed by atoms with van der Waals surface area (Å²) in [6.07, 6.45) is 4.12. The topological polar surface area (TPSA) is 73.2 Å². The number of sulfone groups is 1. The molecule has 0 bridgehead atoms. The molecule has 0 spiro atoms. The summed E-state index contributed by atoms with van der Waals surface area (Å²) in [7, 11) is -3.12. The number of hydrogen-bond acceptors (Lipinski definition) is 5. The zero-order chi connectivity index (χ0) is 16.1. The van der Waals surface area contributed by atoms with Gasteiger partial charge in [-0.15, -0.1) is 0 Å². The Morgan fingerprint density at radius 2 is 2.10 bits per heavy atom. The monoisotopic (exact) mass is 317 g/mol. The van der Waals surface area contributed by atoms with Gasteiger partial charge in [0.2, 0.25) is 5.95 Å². The molecule has 0 saturated carbocycles. The molecule has 7 heteroatoms. The summed E-state index contributed by atoms with van der Waals surface area (Å²) in [5, 5.41) is 3.15. The zero-order valence-corrected chi connectivity index (χ0v) is 14.5. The summed E-state index contributed by atoms with van der Waals surface area (Å²) in [6, 6.07) is 0. The number of aryl methyl sites for hydroxylation is 2. The Morgan fingerprint density at radius 3 is 2.67 bits per heavy atom. The van der Waals surface area contributed by atoms with E-state index in [2.05, 4.69) is 10.3 Å². The third kappa shape index (κ3) is 5.32. The first-order chi connectivity index (χ1) is 9.67. The average molecular weight is 317 g/mol. The van der Waals surface area contributed by atoms with Crippen molar-refractivity contribution in [1.82, 2.24) is 9.55 Å². The van der Waals surface area contributed by atoms with Gasteiger partial charge in [0, 0.05) is 38.8 Å². The third-order valence-corrected chi connectivity index (χ3v) is 5.62. The molecule has 1 rings (SSSR count). The van der Waals surface area contributed by atoms with Crippen molar-refractivity contribution in [3.8, 4) is 0 Å². The van der Waals surface area contributed by atoms with Gasteiger partial charge in [-0.05, 0) is 34.1 Å². The Bertz CT molecular complexity index is 550. The molecular formula is C14H27N3O3S. The molecular weight excluding hydrogens is 290 g/mol. The Hall–Kier alpha value is -1.08. The minimum absolute atomic E-state index is 0.327. The van der Waals surface area contributed by atoms with Crippen LogP contribution >= 0.6 is 0 Å². The van der Waals surface area contributed by atoms with Gasteiger partial charge in [0.05, 0.1) is 10.4 Å². The van der Waals surface area contributed by atoms with Crippen LogP contribution in [0.1, 0.15) is 32.9 Å². The van der Waals surface area contributed by atoms with Gasteiger partial charge in [-0.3, -0.25) is 0 Å². The number of nitrogens with zero attached hydrogens (tertiary/aromatic N) is 2. The summed E-state index contributed by atoms with van der Waals surface area (Å²) in [4.78, 5) is 4.41. The van der Waals surface area contributed by atoms with E-state index in [-0.39, 0.29) is 0 Å². The fourth-order valence-corrected chi connectivity index (χ4v) is 2.10. The van der Waals surface area contributed by atoms with Crippen LogP contribution < -0.4 is 5.32 Å². The van der Waals surface area contributed by atoms with Crippen LogP contribution in [0.2, 0.25) is 0 Å². The van der Waals surface area contributed by atoms with Crippen molar-refractivity contribution in [3.05, 3.63) is 11.9 Å². The predicted molar refractivity (Wildman–Crippen MR) is 85.5 cm³/mol. The van der Waals surface area contributed by atoms with Crippen molar-refractivity contribution >= 4 is 15.8 Å². The van der Waals surface area contributed by atoms with Gasteiger partial charge in [0.1, 0.15) is 0 Å². The molecule has 0 unspecified atom stereocenters. The normalized spacial score (nSPS) is 12.6. The lowest BCUT2D eigenvalue weighted by molar-refractivity contribution is 0.142. The first-order valence-corrected chi connectivity index (χ1v) is 9.11. The summed E-state index contributed by atoms with van der Waals surface area (Å²) in [5.74, 6) is 0.709. The standard InChI is InChI=1S/C14H27N3O3S/c1-6-20-9-7-8-17-10-12(2)16-13(17)15-11-14(3,4)21(5,18)19/h10H,6-9,11H2,1-5H3,(H,15,16). The summed E-state index contributed by atoms with van der Waals surface area (Å²) in [6.45, 7) is 9.87. The van der Waals surface area contributed by atoms with Crippen LogP contribution in [-0.2, 0) is 21.1 Å². The van der Waals surface area contributed by atoms with Gasteiger partial charge in [-0.2, -0.15) is 0 Å². The van der Waals surface area contributed by atoms with Crippen LogP contribution in [-0.4, -0.2) is 48.7 Å². The molecule has 1 N–H and O–H groups in total. The van der Waals surface area contributed by atoms with Gasteiger partial charge in [0.15, 0.2) is 9.84 Å². The quantitative estimate of drug-likeness (QED) is 0.704. The second kappa shape index (κ2) is 7.26. The Balaban J connectivity index is 2.67. The average Bonchev–Trinajstić information content (AvgIpc) is 2.71. The van der Waals surface area contributed by atoms with E-state index in [0.717, 1.165) is 25.3 Å². The first kappa shape index (κ1) is 18.0. The number of ether oxygens (including phenoxy) is 1. The van der Waals surface area contributed by atoms with Crippen LogP contribution in [0.4, 0.5) is 5.95 Å². The molecule has 0 aliphatic rings. The second-order valence-corrected chi connectivity index (χ2v) is 8.48. The second-order valence-electron chi connectivity index (χ2n) is 5.84. The van der Waals surface area contributed by atoms with Crippen molar-refractivity contribution in [2.24, 2.45) is 0 Å². The molecule has 122 valence electrons. The van der Waals surface area contributed by atoms with Crippen molar-refractivity contribution in [2.45, 2.75) is 45.4 Å². The molecule has 0 radical (unpaired) electrons. The van der Waals surface area contributed by atoms with Crippen molar-refractivity contribution < 1.29 is 13.2 Å². The molecule has 0 saturated heterocycles. The van der Waals surface area contributed by atoms with E-state index in [1.165, 1.54) is 6.26 Å². The number of aromatic nitrogens is 2. The van der Waals surface area contributed by atoms with E-state index in [1.807, 2.05) is 24.6 Å². The van der Waals surface area contributed by atoms with Crippen LogP contribution in [0.5, 0.6) is 0 Å². The number of hydrogen-bond donors (Lipinski definition) is 1. The Morgan fingerprint density at radius 1 is 1.43 bits per heavy atom. The SMILES string of the molecule is CCOCCCn1cc(C)nc1NCC(C)(C)S(C)(=O)=O. The van der Waals surface area contributed by atoms with Crippen LogP contribution in [0.25, 0.3) is 0 Å². The van der Waals surface area contributed by atoms with Crippen LogP contribution in [0, 0.1) is 6.92 Å². The minimum atomic E-state index is -3.12. The maximum atomic E-state index is 11.7. The molecule has 0 atom stereocenters. The number of rotatable bonds is 9. The molecule has 0 aromatic carbocycles. The Kier molecular flexibility index (Phi) is 6.22. The summed E-state index contributed by atoms with van der Waals surface area (Å²) >= 11 is 0. The van der Waals surface area contributed by atoms with Crippen molar-refractivity contribution in [2.75, 3.05) is 31.3 Å². The van der Waals surface area contributed by atoms with E-state index in [4.69, 9.17) is 4.74 Å². The zero-order valence-electron chi connectivity index (χ0n) is 13.6. The predicted octanol–water partition coefficient (Wildman–Crippen LogP) is 1.85. The van der Waals surface area contributed by atoms with Crippen molar-refractivity contribution in [1.29, 1.82) is 0 Å². The number of imidazole rings is 1. The molecule has 0 amide bonds. The van der Waals surface area contributed by atoms with Gasteiger partial charge in [0.25, 0.3) is 0 Å². The maximum absolute atomic E-state index is 11.7. The largest absolute Gasteiger partial charge is 0.382 e. The summed E-state index contributed by atoms with van der Waals surface area (Å²) < 4.78 is 30.0. The lowest BCUT2D eigenvalue weighted by Crippen LogP contribution is -2.38. The Labute approximate surface area is 127 Å². The molecule has 0 aliphatic heterocycles. The van der Waals surface area contributed by atoms with Gasteiger partial charge in [-0.1, -0.05) is 0 Å². The van der Waals surface area contributed by atoms with E-state index >= 15 is 0 Å². The maximum Gasteiger partial charge on any atom is 0.203 e. The molecule has 1 aromatic heterocycles. The molecule has 6 nitrogen and oxygen atoms in total. The number of anilines is 1. The van der Waals surface area contributed by atoms with Crippen LogP contribution in [0.3, 0.4) is 0 Å². The summed E-state index contributed by atoms with van der Waals surface area (Å²) in [5.41, 5.74) is 0.908. The highest BCUT2D eigenvalue weighted by Gasteiger charge is 2.30. The van der Waals surface area contributed by atoms with Gasteiger partial charge in [-0.25, -0.2) is 13.4 Å². The number of nitrogens with one attached hydrogen (secondary N) is 1. The van der Waals surface area contributed by atoms with Crippen molar-refractivity contribution in [3.63, 3.8) is 0 Å². The van der Waals surface area contributed by atoms with E-state index in [9.17, 15) is 8.42 Å². The third-order valence-electron chi connectivity index (χ3n) is 3.46. The molecule has 1 heterocycles.